The molecular formula is C4H6N8S. The topological polar surface area (TPSA) is 109 Å². The molecule has 0 radical (unpaired) electrons. The summed E-state index contributed by atoms with van der Waals surface area (Å²) in [6.45, 7) is 0. The second-order valence-electron chi connectivity index (χ2n) is 2.19. The van der Waals surface area contributed by atoms with Gasteiger partial charge in [-0.3, -0.25) is 0 Å². The van der Waals surface area contributed by atoms with Gasteiger partial charge in [-0.25, -0.2) is 10.2 Å². The fraction of sp³-hybridized carbons (Fsp3) is 0.500. The van der Waals surface area contributed by atoms with Gasteiger partial charge in [0, 0.05) is 0 Å². The molecule has 9 heteroatoms. The van der Waals surface area contributed by atoms with Crippen molar-refractivity contribution in [3.63, 3.8) is 0 Å². The number of H-pyrrole nitrogens is 2. The van der Waals surface area contributed by atoms with Gasteiger partial charge in [-0.1, -0.05) is 0 Å². The summed E-state index contributed by atoms with van der Waals surface area (Å²) in [4.78, 5) is 0. The van der Waals surface area contributed by atoms with Gasteiger partial charge in [0.05, 0.1) is 0 Å². The molecule has 68 valence electrons. The maximum atomic E-state index is 3.79. The van der Waals surface area contributed by atoms with E-state index in [1.807, 2.05) is 6.26 Å². The molecule has 8 nitrogen and oxygen atoms in total. The molecule has 0 amide bonds. The van der Waals surface area contributed by atoms with Crippen molar-refractivity contribution in [3.05, 3.63) is 11.6 Å². The van der Waals surface area contributed by atoms with Crippen molar-refractivity contribution in [1.29, 1.82) is 0 Å². The van der Waals surface area contributed by atoms with Crippen LogP contribution in [0.15, 0.2) is 0 Å². The lowest BCUT2D eigenvalue weighted by Crippen LogP contribution is -2.01. The van der Waals surface area contributed by atoms with Crippen molar-refractivity contribution in [2.45, 2.75) is 5.25 Å². The van der Waals surface area contributed by atoms with Crippen molar-refractivity contribution >= 4 is 11.8 Å². The Bertz CT molecular complexity index is 306. The first kappa shape index (κ1) is 8.10. The van der Waals surface area contributed by atoms with Crippen LogP contribution in [0.25, 0.3) is 0 Å². The molecular weight excluding hydrogens is 192 g/mol. The Morgan fingerprint density at radius 3 is 1.92 bits per heavy atom. The molecule has 0 atom stereocenters. The summed E-state index contributed by atoms with van der Waals surface area (Å²) in [6.07, 6.45) is 1.93. The van der Waals surface area contributed by atoms with E-state index >= 15 is 0 Å². The molecule has 2 rings (SSSR count). The summed E-state index contributed by atoms with van der Waals surface area (Å²) in [5.41, 5.74) is 0. The normalized spacial score (nSPS) is 10.9. The van der Waals surface area contributed by atoms with E-state index in [4.69, 9.17) is 0 Å². The molecule has 0 aromatic carbocycles. The van der Waals surface area contributed by atoms with Gasteiger partial charge in [0.25, 0.3) is 0 Å². The molecule has 0 unspecified atom stereocenters. The van der Waals surface area contributed by atoms with Crippen LogP contribution in [-0.2, 0) is 0 Å². The van der Waals surface area contributed by atoms with Gasteiger partial charge in [-0.15, -0.1) is 22.0 Å². The summed E-state index contributed by atoms with van der Waals surface area (Å²) in [6, 6.07) is 0. The highest BCUT2D eigenvalue weighted by molar-refractivity contribution is 7.99. The summed E-state index contributed by atoms with van der Waals surface area (Å²) in [7, 11) is 0. The first-order valence-electron chi connectivity index (χ1n) is 3.42. The number of tetrazole rings is 2. The van der Waals surface area contributed by atoms with Crippen LogP contribution in [0.5, 0.6) is 0 Å². The molecule has 13 heavy (non-hydrogen) atoms. The quantitative estimate of drug-likeness (QED) is 0.662. The van der Waals surface area contributed by atoms with Crippen LogP contribution >= 0.6 is 11.8 Å². The van der Waals surface area contributed by atoms with Gasteiger partial charge in [-0.2, -0.15) is 0 Å². The third-order valence-electron chi connectivity index (χ3n) is 1.46. The van der Waals surface area contributed by atoms with Crippen molar-refractivity contribution in [2.75, 3.05) is 6.26 Å². The predicted octanol–water partition coefficient (Wildman–Crippen LogP) is -0.835. The number of hydrogen-bond donors (Lipinski definition) is 2. The maximum absolute atomic E-state index is 3.79. The Kier molecular flexibility index (Phi) is 2.17. The van der Waals surface area contributed by atoms with E-state index in [1.165, 1.54) is 11.8 Å². The van der Waals surface area contributed by atoms with Crippen LogP contribution in [0.2, 0.25) is 0 Å². The third-order valence-corrected chi connectivity index (χ3v) is 2.37. The summed E-state index contributed by atoms with van der Waals surface area (Å²) >= 11 is 1.54. The zero-order valence-electron chi connectivity index (χ0n) is 6.67. The number of rotatable bonds is 3. The van der Waals surface area contributed by atoms with E-state index in [1.54, 1.807) is 0 Å². The SMILES string of the molecule is CSC(c1nnn[nH]1)c1nnn[nH]1. The molecule has 0 aliphatic rings. The maximum Gasteiger partial charge on any atom is 0.169 e. The van der Waals surface area contributed by atoms with E-state index in [9.17, 15) is 0 Å². The molecule has 0 spiro atoms. The van der Waals surface area contributed by atoms with Gasteiger partial charge < -0.3 is 0 Å². The zero-order chi connectivity index (χ0) is 9.10. The highest BCUT2D eigenvalue weighted by Crippen LogP contribution is 2.27. The standard InChI is InChI=1S/C4H6N8S/c1-13-2(3-5-9-10-6-3)4-7-11-12-8-4/h2H,1H3,(H,5,6,9,10)(H,7,8,11,12). The van der Waals surface area contributed by atoms with E-state index in [0.29, 0.717) is 11.6 Å². The summed E-state index contributed by atoms with van der Waals surface area (Å²) in [5.74, 6) is 1.26. The van der Waals surface area contributed by atoms with Crippen molar-refractivity contribution < 1.29 is 0 Å². The molecule has 0 aliphatic carbocycles. The molecule has 0 fully saturated rings. The Balaban J connectivity index is 2.29. The van der Waals surface area contributed by atoms with E-state index in [2.05, 4.69) is 41.2 Å². The van der Waals surface area contributed by atoms with Crippen LogP contribution in [0.4, 0.5) is 0 Å². The Labute approximate surface area is 76.9 Å². The molecule has 0 bridgehead atoms. The molecule has 0 aliphatic heterocycles. The summed E-state index contributed by atoms with van der Waals surface area (Å²) in [5, 5.41) is 26.8. The summed E-state index contributed by atoms with van der Waals surface area (Å²) < 4.78 is 0. The first-order valence-corrected chi connectivity index (χ1v) is 4.70. The highest BCUT2D eigenvalue weighted by Gasteiger charge is 2.19. The number of thioether (sulfide) groups is 1. The zero-order valence-corrected chi connectivity index (χ0v) is 7.49. The minimum Gasteiger partial charge on any atom is -0.241 e. The van der Waals surface area contributed by atoms with Crippen LogP contribution in [0.3, 0.4) is 0 Å². The number of aromatic nitrogens is 8. The lowest BCUT2D eigenvalue weighted by molar-refractivity contribution is 0.881. The number of nitrogens with one attached hydrogen (secondary N) is 2. The van der Waals surface area contributed by atoms with Gasteiger partial charge in [0.15, 0.2) is 11.6 Å². The highest BCUT2D eigenvalue weighted by atomic mass is 32.2. The second-order valence-corrected chi connectivity index (χ2v) is 3.13. The number of nitrogens with zero attached hydrogens (tertiary/aromatic N) is 6. The fourth-order valence-electron chi connectivity index (χ4n) is 0.908. The smallest absolute Gasteiger partial charge is 0.169 e. The lowest BCUT2D eigenvalue weighted by Gasteiger charge is -2.04. The third kappa shape index (κ3) is 1.49. The van der Waals surface area contributed by atoms with Gasteiger partial charge in [0.2, 0.25) is 0 Å². The first-order chi connectivity index (χ1) is 6.42. The lowest BCUT2D eigenvalue weighted by atomic mass is 10.4. The molecule has 2 aromatic rings. The van der Waals surface area contributed by atoms with Crippen molar-refractivity contribution in [1.82, 2.24) is 41.2 Å². The molecule has 2 heterocycles. The average Bonchev–Trinajstić information content (AvgIpc) is 2.76. The van der Waals surface area contributed by atoms with Crippen LogP contribution < -0.4 is 0 Å². The molecule has 2 N–H and O–H groups in total. The monoisotopic (exact) mass is 198 g/mol. The average molecular weight is 198 g/mol. The van der Waals surface area contributed by atoms with E-state index < -0.39 is 0 Å². The fourth-order valence-corrected chi connectivity index (χ4v) is 1.55. The second kappa shape index (κ2) is 3.47. The minimum atomic E-state index is -0.0787. The molecule has 0 saturated heterocycles. The Morgan fingerprint density at radius 1 is 1.08 bits per heavy atom. The number of aromatic amines is 2. The van der Waals surface area contributed by atoms with Crippen LogP contribution in [0.1, 0.15) is 16.9 Å². The van der Waals surface area contributed by atoms with E-state index in [0.717, 1.165) is 0 Å². The Hall–Kier alpha value is -1.51. The molecule has 0 saturated carbocycles. The van der Waals surface area contributed by atoms with Crippen molar-refractivity contribution in [2.24, 2.45) is 0 Å². The largest absolute Gasteiger partial charge is 0.241 e. The van der Waals surface area contributed by atoms with E-state index in [-0.39, 0.29) is 5.25 Å². The van der Waals surface area contributed by atoms with Crippen molar-refractivity contribution in [3.8, 4) is 0 Å². The van der Waals surface area contributed by atoms with Gasteiger partial charge >= 0.3 is 0 Å². The molecule has 2 aromatic heterocycles. The number of hydrogen-bond acceptors (Lipinski definition) is 7. The van der Waals surface area contributed by atoms with Crippen LogP contribution in [-0.4, -0.2) is 47.5 Å². The van der Waals surface area contributed by atoms with Gasteiger partial charge in [-0.05, 0) is 27.1 Å². The minimum absolute atomic E-state index is 0.0787. The Morgan fingerprint density at radius 2 is 1.62 bits per heavy atom. The predicted molar refractivity (Wildman–Crippen MR) is 43.7 cm³/mol. The van der Waals surface area contributed by atoms with Gasteiger partial charge in [0.1, 0.15) is 5.25 Å². The van der Waals surface area contributed by atoms with Crippen LogP contribution in [0, 0.1) is 0 Å².